The van der Waals surface area contributed by atoms with Crippen LogP contribution in [0.5, 0.6) is 0 Å². The maximum absolute atomic E-state index is 12.3. The van der Waals surface area contributed by atoms with E-state index in [4.69, 9.17) is 0 Å². The van der Waals surface area contributed by atoms with Crippen LogP contribution in [-0.2, 0) is 16.1 Å². The first-order chi connectivity index (χ1) is 11.5. The van der Waals surface area contributed by atoms with E-state index in [2.05, 4.69) is 15.6 Å². The number of amides is 4. The third kappa shape index (κ3) is 3.34. The van der Waals surface area contributed by atoms with Gasteiger partial charge in [-0.05, 0) is 23.4 Å². The van der Waals surface area contributed by atoms with Crippen LogP contribution in [0.15, 0.2) is 36.7 Å². The molecule has 2 N–H and O–H groups in total. The van der Waals surface area contributed by atoms with Gasteiger partial charge in [-0.1, -0.05) is 18.2 Å². The molecule has 124 valence electrons. The minimum Gasteiger partial charge on any atom is -0.341 e. The van der Waals surface area contributed by atoms with Crippen molar-refractivity contribution in [3.05, 3.63) is 42.2 Å². The van der Waals surface area contributed by atoms with E-state index in [9.17, 15) is 14.4 Å². The van der Waals surface area contributed by atoms with Gasteiger partial charge in [0, 0.05) is 37.8 Å². The number of carbonyl (C=O) groups excluding carboxylic acids is 3. The second-order valence-corrected chi connectivity index (χ2v) is 5.82. The Morgan fingerprint density at radius 3 is 2.88 bits per heavy atom. The molecule has 1 aromatic heterocycles. The molecule has 0 unspecified atom stereocenters. The van der Waals surface area contributed by atoms with Gasteiger partial charge in [0.25, 0.3) is 5.91 Å². The lowest BCUT2D eigenvalue weighted by Gasteiger charge is -2.19. The zero-order chi connectivity index (χ0) is 17.1. The minimum atomic E-state index is -0.626. The van der Waals surface area contributed by atoms with Gasteiger partial charge in [-0.3, -0.25) is 19.9 Å². The van der Waals surface area contributed by atoms with Gasteiger partial charge in [0.15, 0.2) is 0 Å². The molecule has 3 rings (SSSR count). The zero-order valence-electron chi connectivity index (χ0n) is 13.3. The Labute approximate surface area is 139 Å². The molecule has 0 saturated carbocycles. The summed E-state index contributed by atoms with van der Waals surface area (Å²) in [5.41, 5.74) is 1.04. The van der Waals surface area contributed by atoms with Crippen LogP contribution in [-0.4, -0.2) is 40.8 Å². The van der Waals surface area contributed by atoms with Gasteiger partial charge >= 0.3 is 6.03 Å². The van der Waals surface area contributed by atoms with Gasteiger partial charge in [-0.15, -0.1) is 0 Å². The predicted molar refractivity (Wildman–Crippen MR) is 87.9 cm³/mol. The fourth-order valence-electron chi connectivity index (χ4n) is 2.79. The van der Waals surface area contributed by atoms with Crippen molar-refractivity contribution in [1.82, 2.24) is 20.5 Å². The molecule has 24 heavy (non-hydrogen) atoms. The van der Waals surface area contributed by atoms with Crippen LogP contribution in [0.2, 0.25) is 0 Å². The van der Waals surface area contributed by atoms with Crippen LogP contribution in [0.4, 0.5) is 4.79 Å². The second-order valence-electron chi connectivity index (χ2n) is 5.82. The van der Waals surface area contributed by atoms with E-state index < -0.39 is 12.1 Å². The Hall–Kier alpha value is -2.96. The summed E-state index contributed by atoms with van der Waals surface area (Å²) in [6, 6.07) is 6.71. The average molecular weight is 326 g/mol. The molecule has 2 heterocycles. The monoisotopic (exact) mass is 326 g/mol. The Balaban J connectivity index is 1.61. The van der Waals surface area contributed by atoms with Crippen molar-refractivity contribution in [1.29, 1.82) is 0 Å². The number of rotatable bonds is 5. The average Bonchev–Trinajstić information content (AvgIpc) is 2.90. The molecular weight excluding hydrogens is 308 g/mol. The SMILES string of the molecule is CN(Cc1cccc2cnccc12)C(=O)CC[C@@H]1NC(=O)NC1=O. The maximum Gasteiger partial charge on any atom is 0.322 e. The minimum absolute atomic E-state index is 0.0741. The number of aromatic nitrogens is 1. The predicted octanol–water partition coefficient (Wildman–Crippen LogP) is 1.18. The highest BCUT2D eigenvalue weighted by Crippen LogP contribution is 2.19. The van der Waals surface area contributed by atoms with Gasteiger partial charge < -0.3 is 10.2 Å². The number of nitrogens with zero attached hydrogens (tertiary/aromatic N) is 2. The number of fused-ring (bicyclic) bond motifs is 1. The first kappa shape index (κ1) is 15.9. The molecular formula is C17H18N4O3. The fourth-order valence-corrected chi connectivity index (χ4v) is 2.79. The number of benzene rings is 1. The molecule has 1 aromatic carbocycles. The standard InChI is InChI=1S/C17H18N4O3/c1-21(15(22)6-5-14-16(23)20-17(24)19-14)10-12-4-2-3-11-9-18-8-7-13(11)12/h2-4,7-9,14H,5-6,10H2,1H3,(H2,19,20,23,24)/t14-/m0/s1. The van der Waals surface area contributed by atoms with Crippen molar-refractivity contribution in [2.24, 2.45) is 0 Å². The number of imide groups is 1. The van der Waals surface area contributed by atoms with Gasteiger partial charge in [-0.2, -0.15) is 0 Å². The molecule has 1 saturated heterocycles. The highest BCUT2D eigenvalue weighted by atomic mass is 16.2. The number of carbonyl (C=O) groups is 3. The largest absolute Gasteiger partial charge is 0.341 e. The van der Waals surface area contributed by atoms with Crippen LogP contribution in [0, 0.1) is 0 Å². The molecule has 0 radical (unpaired) electrons. The first-order valence-electron chi connectivity index (χ1n) is 7.71. The summed E-state index contributed by atoms with van der Waals surface area (Å²) in [7, 11) is 1.73. The molecule has 2 aromatic rings. The van der Waals surface area contributed by atoms with E-state index in [1.54, 1.807) is 24.3 Å². The molecule has 1 fully saturated rings. The van der Waals surface area contributed by atoms with Crippen LogP contribution in [0.25, 0.3) is 10.8 Å². The number of pyridine rings is 1. The van der Waals surface area contributed by atoms with Crippen LogP contribution in [0.3, 0.4) is 0 Å². The Morgan fingerprint density at radius 1 is 1.29 bits per heavy atom. The van der Waals surface area contributed by atoms with E-state index in [-0.39, 0.29) is 18.2 Å². The number of nitrogens with one attached hydrogen (secondary N) is 2. The van der Waals surface area contributed by atoms with Crippen LogP contribution in [0.1, 0.15) is 18.4 Å². The zero-order valence-corrected chi connectivity index (χ0v) is 13.3. The normalized spacial score (nSPS) is 16.8. The summed E-state index contributed by atoms with van der Waals surface area (Å²) >= 11 is 0. The molecule has 4 amide bonds. The Bertz CT molecular complexity index is 800. The van der Waals surface area contributed by atoms with Crippen LogP contribution < -0.4 is 10.6 Å². The summed E-state index contributed by atoms with van der Waals surface area (Å²) in [5.74, 6) is -0.452. The number of hydrogen-bond acceptors (Lipinski definition) is 4. The molecule has 1 atom stereocenters. The van der Waals surface area contributed by atoms with E-state index in [1.807, 2.05) is 24.3 Å². The maximum atomic E-state index is 12.3. The lowest BCUT2D eigenvalue weighted by molar-refractivity contribution is -0.130. The van der Waals surface area contributed by atoms with Crippen molar-refractivity contribution < 1.29 is 14.4 Å². The van der Waals surface area contributed by atoms with Crippen LogP contribution >= 0.6 is 0 Å². The van der Waals surface area contributed by atoms with Gasteiger partial charge in [0.2, 0.25) is 5.91 Å². The van der Waals surface area contributed by atoms with Gasteiger partial charge in [0.05, 0.1) is 0 Å². The lowest BCUT2D eigenvalue weighted by atomic mass is 10.1. The molecule has 0 aliphatic carbocycles. The topological polar surface area (TPSA) is 91.4 Å². The van der Waals surface area contributed by atoms with E-state index in [1.165, 1.54) is 0 Å². The highest BCUT2D eigenvalue weighted by molar-refractivity contribution is 6.04. The van der Waals surface area contributed by atoms with Crippen molar-refractivity contribution in [3.63, 3.8) is 0 Å². The smallest absolute Gasteiger partial charge is 0.322 e. The van der Waals surface area contributed by atoms with Crippen molar-refractivity contribution >= 4 is 28.6 Å². The number of urea groups is 1. The van der Waals surface area contributed by atoms with E-state index in [0.717, 1.165) is 16.3 Å². The molecule has 1 aliphatic rings. The molecule has 0 spiro atoms. The summed E-state index contributed by atoms with van der Waals surface area (Å²) < 4.78 is 0. The highest BCUT2D eigenvalue weighted by Gasteiger charge is 2.29. The molecule has 7 heteroatoms. The summed E-state index contributed by atoms with van der Waals surface area (Å²) in [6.07, 6.45) is 4.01. The Morgan fingerprint density at radius 2 is 2.12 bits per heavy atom. The van der Waals surface area contributed by atoms with Gasteiger partial charge in [0.1, 0.15) is 6.04 Å². The Kier molecular flexibility index (Phi) is 4.41. The molecule has 7 nitrogen and oxygen atoms in total. The number of hydrogen-bond donors (Lipinski definition) is 2. The fraction of sp³-hybridized carbons (Fsp3) is 0.294. The van der Waals surface area contributed by atoms with E-state index in [0.29, 0.717) is 13.0 Å². The first-order valence-corrected chi connectivity index (χ1v) is 7.71. The molecule has 0 bridgehead atoms. The van der Waals surface area contributed by atoms with Crippen molar-refractivity contribution in [3.8, 4) is 0 Å². The summed E-state index contributed by atoms with van der Waals surface area (Å²) in [4.78, 5) is 40.6. The van der Waals surface area contributed by atoms with E-state index >= 15 is 0 Å². The summed E-state index contributed by atoms with van der Waals surface area (Å²) in [6.45, 7) is 0.476. The van der Waals surface area contributed by atoms with Crippen molar-refractivity contribution in [2.75, 3.05) is 7.05 Å². The lowest BCUT2D eigenvalue weighted by Crippen LogP contribution is -2.32. The molecule has 1 aliphatic heterocycles. The third-order valence-electron chi connectivity index (χ3n) is 4.11. The van der Waals surface area contributed by atoms with Crippen molar-refractivity contribution in [2.45, 2.75) is 25.4 Å². The quantitative estimate of drug-likeness (QED) is 0.807. The third-order valence-corrected chi connectivity index (χ3v) is 4.11. The summed E-state index contributed by atoms with van der Waals surface area (Å²) in [5, 5.41) is 6.75. The van der Waals surface area contributed by atoms with Gasteiger partial charge in [-0.25, -0.2) is 4.79 Å². The second kappa shape index (κ2) is 6.66.